The first-order valence-electron chi connectivity index (χ1n) is 10.5. The molecule has 1 fully saturated rings. The molecule has 32 heavy (non-hydrogen) atoms. The van der Waals surface area contributed by atoms with Crippen molar-refractivity contribution in [2.24, 2.45) is 0 Å². The van der Waals surface area contributed by atoms with Crippen molar-refractivity contribution in [1.82, 2.24) is 4.90 Å². The zero-order valence-electron chi connectivity index (χ0n) is 18.4. The molecule has 4 rings (SSSR count). The summed E-state index contributed by atoms with van der Waals surface area (Å²) >= 11 is 0. The summed E-state index contributed by atoms with van der Waals surface area (Å²) in [6, 6.07) is 23.9. The van der Waals surface area contributed by atoms with Crippen LogP contribution in [0.3, 0.4) is 0 Å². The van der Waals surface area contributed by atoms with Crippen LogP contribution in [0.5, 0.6) is 0 Å². The van der Waals surface area contributed by atoms with Crippen molar-refractivity contribution in [2.75, 3.05) is 19.0 Å². The van der Waals surface area contributed by atoms with Crippen molar-refractivity contribution in [3.63, 3.8) is 0 Å². The van der Waals surface area contributed by atoms with E-state index < -0.39 is 17.7 Å². The number of aryl methyl sites for hydroxylation is 1. The van der Waals surface area contributed by atoms with E-state index in [-0.39, 0.29) is 17.9 Å². The Bertz CT molecular complexity index is 1160. The lowest BCUT2D eigenvalue weighted by atomic mass is 9.94. The fourth-order valence-electron chi connectivity index (χ4n) is 3.99. The van der Waals surface area contributed by atoms with E-state index in [1.165, 1.54) is 0 Å². The van der Waals surface area contributed by atoms with Gasteiger partial charge in [0.05, 0.1) is 11.6 Å². The molecule has 0 spiro atoms. The van der Waals surface area contributed by atoms with Crippen LogP contribution in [0.4, 0.5) is 5.69 Å². The zero-order chi connectivity index (χ0) is 22.8. The highest BCUT2D eigenvalue weighted by atomic mass is 16.3. The van der Waals surface area contributed by atoms with Gasteiger partial charge in [-0.25, -0.2) is 0 Å². The van der Waals surface area contributed by atoms with Gasteiger partial charge in [-0.05, 0) is 30.2 Å². The van der Waals surface area contributed by atoms with E-state index in [1.807, 2.05) is 92.6 Å². The van der Waals surface area contributed by atoms with Gasteiger partial charge in [-0.2, -0.15) is 0 Å². The number of aliphatic hydroxyl groups excluding tert-OH is 1. The van der Waals surface area contributed by atoms with Crippen molar-refractivity contribution in [1.29, 1.82) is 0 Å². The van der Waals surface area contributed by atoms with E-state index in [4.69, 9.17) is 0 Å². The van der Waals surface area contributed by atoms with Crippen LogP contribution in [-0.4, -0.2) is 35.8 Å². The fraction of sp³-hybridized carbons (Fsp3) is 0.185. The molecule has 1 N–H and O–H groups in total. The Labute approximate surface area is 188 Å². The highest BCUT2D eigenvalue weighted by Crippen LogP contribution is 2.40. The molecule has 1 atom stereocenters. The van der Waals surface area contributed by atoms with Gasteiger partial charge in [0, 0.05) is 31.9 Å². The maximum Gasteiger partial charge on any atom is 0.295 e. The van der Waals surface area contributed by atoms with Crippen molar-refractivity contribution in [3.05, 3.63) is 107 Å². The van der Waals surface area contributed by atoms with E-state index in [2.05, 4.69) is 0 Å². The Morgan fingerprint density at radius 3 is 2.12 bits per heavy atom. The summed E-state index contributed by atoms with van der Waals surface area (Å²) in [6.07, 6.45) is 0. The molecule has 3 aromatic carbocycles. The molecule has 0 aliphatic carbocycles. The van der Waals surface area contributed by atoms with Gasteiger partial charge in [0.15, 0.2) is 0 Å². The predicted molar refractivity (Wildman–Crippen MR) is 126 cm³/mol. The van der Waals surface area contributed by atoms with Crippen molar-refractivity contribution in [3.8, 4) is 0 Å². The molecule has 1 unspecified atom stereocenters. The number of rotatable bonds is 5. The van der Waals surface area contributed by atoms with Gasteiger partial charge < -0.3 is 14.9 Å². The second-order valence-electron chi connectivity index (χ2n) is 8.26. The number of hydrogen-bond donors (Lipinski definition) is 1. The molecule has 5 heteroatoms. The lowest BCUT2D eigenvalue weighted by Gasteiger charge is -2.26. The van der Waals surface area contributed by atoms with Gasteiger partial charge in [0.1, 0.15) is 5.76 Å². The van der Waals surface area contributed by atoms with Crippen molar-refractivity contribution >= 4 is 23.1 Å². The molecule has 1 saturated heterocycles. The SMILES string of the molecule is Cc1ccc(/C(O)=C2\C(=O)C(=O)N(Cc3ccccc3)C2c2ccc(N(C)C)cc2)cc1. The number of carbonyl (C=O) groups excluding carboxylic acids is 2. The summed E-state index contributed by atoms with van der Waals surface area (Å²) < 4.78 is 0. The normalized spacial score (nSPS) is 17.6. The average Bonchev–Trinajstić information content (AvgIpc) is 3.05. The quantitative estimate of drug-likeness (QED) is 0.366. The molecule has 0 saturated carbocycles. The first-order valence-corrected chi connectivity index (χ1v) is 10.5. The molecule has 5 nitrogen and oxygen atoms in total. The Morgan fingerprint density at radius 1 is 0.906 bits per heavy atom. The van der Waals surface area contributed by atoms with Crippen LogP contribution < -0.4 is 4.90 Å². The molecule has 1 heterocycles. The molecule has 1 amide bonds. The highest BCUT2D eigenvalue weighted by Gasteiger charge is 2.46. The number of anilines is 1. The summed E-state index contributed by atoms with van der Waals surface area (Å²) in [5.41, 5.74) is 4.38. The summed E-state index contributed by atoms with van der Waals surface area (Å²) in [5, 5.41) is 11.1. The number of Topliss-reactive ketones (excluding diaryl/α,β-unsaturated/α-hetero) is 1. The number of aliphatic hydroxyl groups is 1. The van der Waals surface area contributed by atoms with E-state index >= 15 is 0 Å². The maximum absolute atomic E-state index is 13.1. The highest BCUT2D eigenvalue weighted by molar-refractivity contribution is 6.46. The van der Waals surface area contributed by atoms with Crippen LogP contribution in [0.2, 0.25) is 0 Å². The largest absolute Gasteiger partial charge is 0.507 e. The Morgan fingerprint density at radius 2 is 1.53 bits per heavy atom. The fourth-order valence-corrected chi connectivity index (χ4v) is 3.99. The third-order valence-corrected chi connectivity index (χ3v) is 5.79. The van der Waals surface area contributed by atoms with Crippen LogP contribution in [0, 0.1) is 6.92 Å². The second kappa shape index (κ2) is 8.71. The maximum atomic E-state index is 13.1. The monoisotopic (exact) mass is 426 g/mol. The van der Waals surface area contributed by atoms with E-state index in [1.54, 1.807) is 17.0 Å². The Hall–Kier alpha value is -3.86. The van der Waals surface area contributed by atoms with Crippen LogP contribution in [0.25, 0.3) is 5.76 Å². The number of nitrogens with zero attached hydrogens (tertiary/aromatic N) is 2. The number of ketones is 1. The lowest BCUT2D eigenvalue weighted by Crippen LogP contribution is -2.29. The number of hydrogen-bond acceptors (Lipinski definition) is 4. The number of amides is 1. The van der Waals surface area contributed by atoms with Crippen molar-refractivity contribution < 1.29 is 14.7 Å². The second-order valence-corrected chi connectivity index (χ2v) is 8.26. The Balaban J connectivity index is 1.84. The lowest BCUT2D eigenvalue weighted by molar-refractivity contribution is -0.140. The molecule has 0 radical (unpaired) electrons. The van der Waals surface area contributed by atoms with E-state index in [0.717, 1.165) is 22.4 Å². The van der Waals surface area contributed by atoms with Gasteiger partial charge >= 0.3 is 0 Å². The van der Waals surface area contributed by atoms with E-state index in [9.17, 15) is 14.7 Å². The molecule has 0 aromatic heterocycles. The minimum absolute atomic E-state index is 0.118. The van der Waals surface area contributed by atoms with Crippen LogP contribution in [-0.2, 0) is 16.1 Å². The van der Waals surface area contributed by atoms with Crippen molar-refractivity contribution in [2.45, 2.75) is 19.5 Å². The first-order chi connectivity index (χ1) is 15.4. The Kier molecular flexibility index (Phi) is 5.82. The smallest absolute Gasteiger partial charge is 0.295 e. The molecule has 3 aromatic rings. The van der Waals surface area contributed by atoms with Crippen LogP contribution in [0.15, 0.2) is 84.4 Å². The number of benzene rings is 3. The number of carbonyl (C=O) groups is 2. The van der Waals surface area contributed by atoms with Gasteiger partial charge in [-0.1, -0.05) is 72.3 Å². The summed E-state index contributed by atoms with van der Waals surface area (Å²) in [6.45, 7) is 2.23. The topological polar surface area (TPSA) is 60.9 Å². The average molecular weight is 427 g/mol. The van der Waals surface area contributed by atoms with Crippen LogP contribution in [0.1, 0.15) is 28.3 Å². The third-order valence-electron chi connectivity index (χ3n) is 5.79. The zero-order valence-corrected chi connectivity index (χ0v) is 18.4. The van der Waals surface area contributed by atoms with Gasteiger partial charge in [0.2, 0.25) is 0 Å². The van der Waals surface area contributed by atoms with Crippen LogP contribution >= 0.6 is 0 Å². The van der Waals surface area contributed by atoms with E-state index in [0.29, 0.717) is 5.56 Å². The van der Waals surface area contributed by atoms with Gasteiger partial charge in [-0.15, -0.1) is 0 Å². The summed E-state index contributed by atoms with van der Waals surface area (Å²) in [4.78, 5) is 29.7. The molecular weight excluding hydrogens is 400 g/mol. The molecule has 0 bridgehead atoms. The molecule has 1 aliphatic rings. The minimum Gasteiger partial charge on any atom is -0.507 e. The molecular formula is C27H26N2O3. The minimum atomic E-state index is -0.673. The standard InChI is InChI=1S/C27H26N2O3/c1-18-9-11-21(12-10-18)25(30)23-24(20-13-15-22(16-14-20)28(2)3)29(27(32)26(23)31)17-19-7-5-4-6-8-19/h4-16,24,30H,17H2,1-3H3/b25-23+. The number of likely N-dealkylation sites (tertiary alicyclic amines) is 1. The summed E-state index contributed by atoms with van der Waals surface area (Å²) in [5.74, 6) is -1.43. The molecule has 162 valence electrons. The first kappa shape index (κ1) is 21.4. The summed E-state index contributed by atoms with van der Waals surface area (Å²) in [7, 11) is 3.90. The van der Waals surface area contributed by atoms with Gasteiger partial charge in [0.25, 0.3) is 11.7 Å². The predicted octanol–water partition coefficient (Wildman–Crippen LogP) is 4.68. The molecule has 1 aliphatic heterocycles. The third kappa shape index (κ3) is 4.02. The van der Waals surface area contributed by atoms with Gasteiger partial charge in [-0.3, -0.25) is 9.59 Å².